The molecule has 0 aliphatic carbocycles. The summed E-state index contributed by atoms with van der Waals surface area (Å²) >= 11 is 1.32. The van der Waals surface area contributed by atoms with E-state index in [2.05, 4.69) is 43.0 Å². The second-order valence-corrected chi connectivity index (χ2v) is 10.5. The van der Waals surface area contributed by atoms with Gasteiger partial charge in [0.25, 0.3) is 5.91 Å². The summed E-state index contributed by atoms with van der Waals surface area (Å²) in [6.07, 6.45) is 2.35. The van der Waals surface area contributed by atoms with Gasteiger partial charge in [-0.15, -0.1) is 0 Å². The van der Waals surface area contributed by atoms with E-state index < -0.39 is 5.91 Å². The van der Waals surface area contributed by atoms with Crippen molar-refractivity contribution >= 4 is 39.8 Å². The highest BCUT2D eigenvalue weighted by molar-refractivity contribution is 8.26. The van der Waals surface area contributed by atoms with Crippen LogP contribution in [-0.2, 0) is 10.2 Å². The van der Waals surface area contributed by atoms with E-state index in [0.29, 0.717) is 48.5 Å². The molecule has 0 bridgehead atoms. The van der Waals surface area contributed by atoms with Crippen LogP contribution in [0, 0.1) is 5.41 Å². The molecule has 0 atom stereocenters. The van der Waals surface area contributed by atoms with Gasteiger partial charge < -0.3 is 14.2 Å². The van der Waals surface area contributed by atoms with Crippen LogP contribution in [0.4, 0.5) is 0 Å². The van der Waals surface area contributed by atoms with Gasteiger partial charge in [0.15, 0.2) is 17.3 Å². The largest absolute Gasteiger partial charge is 0.490 e. The molecule has 1 amide bonds. The van der Waals surface area contributed by atoms with E-state index in [9.17, 15) is 4.79 Å². The van der Waals surface area contributed by atoms with Crippen molar-refractivity contribution < 1.29 is 19.0 Å². The number of carbonyl (C=O) groups is 1. The number of ether oxygens (including phenoxy) is 3. The molecule has 0 aromatic heterocycles. The average molecular weight is 521 g/mol. The summed E-state index contributed by atoms with van der Waals surface area (Å²) in [6, 6.07) is 13.5. The molecule has 37 heavy (non-hydrogen) atoms. The molecule has 2 aromatic rings. The number of hydrogen-bond acceptors (Lipinski definition) is 7. The zero-order valence-electron chi connectivity index (χ0n) is 21.8. The summed E-state index contributed by atoms with van der Waals surface area (Å²) in [7, 11) is 0. The lowest BCUT2D eigenvalue weighted by Gasteiger charge is -2.20. The average Bonchev–Trinajstić information content (AvgIpc) is 3.28. The van der Waals surface area contributed by atoms with Gasteiger partial charge in [-0.1, -0.05) is 45.9 Å². The first-order valence-corrected chi connectivity index (χ1v) is 13.1. The number of fused-ring (bicyclic) bond motifs is 1. The molecule has 1 N–H and O–H groups in total. The number of thioether (sulfide) groups is 1. The maximum absolute atomic E-state index is 12.6. The van der Waals surface area contributed by atoms with Crippen LogP contribution in [0.25, 0.3) is 6.08 Å². The van der Waals surface area contributed by atoms with Crippen LogP contribution in [0.5, 0.6) is 17.2 Å². The highest BCUT2D eigenvalue weighted by Crippen LogP contribution is 2.32. The van der Waals surface area contributed by atoms with Crippen molar-refractivity contribution in [1.82, 2.24) is 5.01 Å². The quantitative estimate of drug-likeness (QED) is 0.328. The zero-order valence-corrected chi connectivity index (χ0v) is 22.6. The number of hydrazone groups is 1. The van der Waals surface area contributed by atoms with Crippen molar-refractivity contribution in [3.8, 4) is 17.2 Å². The number of carbonyl (C=O) groups excluding carboxylic acids is 1. The van der Waals surface area contributed by atoms with E-state index in [1.165, 1.54) is 22.3 Å². The topological polar surface area (TPSA) is 96.6 Å². The molecule has 8 nitrogen and oxygen atoms in total. The Morgan fingerprint density at radius 2 is 1.73 bits per heavy atom. The summed E-state index contributed by atoms with van der Waals surface area (Å²) < 4.78 is 17.5. The fourth-order valence-electron chi connectivity index (χ4n) is 3.71. The molecule has 0 saturated heterocycles. The summed E-state index contributed by atoms with van der Waals surface area (Å²) in [6.45, 7) is 11.6. The third-order valence-corrected chi connectivity index (χ3v) is 6.76. The van der Waals surface area contributed by atoms with Gasteiger partial charge in [0.1, 0.15) is 24.0 Å². The Morgan fingerprint density at radius 3 is 2.41 bits per heavy atom. The third kappa shape index (κ3) is 6.22. The van der Waals surface area contributed by atoms with Crippen molar-refractivity contribution in [2.24, 2.45) is 10.1 Å². The van der Waals surface area contributed by atoms with E-state index in [1.807, 2.05) is 32.0 Å². The Balaban J connectivity index is 1.42. The second kappa shape index (κ2) is 11.2. The zero-order chi connectivity index (χ0) is 26.6. The van der Waals surface area contributed by atoms with Crippen LogP contribution < -0.4 is 14.2 Å². The number of amidine groups is 2. The lowest BCUT2D eigenvalue weighted by atomic mass is 9.87. The first kappa shape index (κ1) is 26.5. The number of amides is 1. The van der Waals surface area contributed by atoms with Gasteiger partial charge in [-0.25, -0.2) is 0 Å². The molecular weight excluding hydrogens is 488 g/mol. The van der Waals surface area contributed by atoms with Gasteiger partial charge in [0.2, 0.25) is 5.17 Å². The maximum Gasteiger partial charge on any atom is 0.283 e. The molecular formula is C28H32N4O4S. The molecule has 0 unspecified atom stereocenters. The molecule has 0 fully saturated rings. The predicted molar refractivity (Wildman–Crippen MR) is 149 cm³/mol. The minimum atomic E-state index is -0.456. The number of hydrogen-bond donors (Lipinski definition) is 1. The maximum atomic E-state index is 12.6. The van der Waals surface area contributed by atoms with E-state index >= 15 is 0 Å². The minimum Gasteiger partial charge on any atom is -0.490 e. The minimum absolute atomic E-state index is 0.0110. The predicted octanol–water partition coefficient (Wildman–Crippen LogP) is 5.87. The van der Waals surface area contributed by atoms with E-state index in [0.717, 1.165) is 10.8 Å². The van der Waals surface area contributed by atoms with Gasteiger partial charge in [-0.05, 0) is 72.0 Å². The smallest absolute Gasteiger partial charge is 0.283 e. The van der Waals surface area contributed by atoms with E-state index in [1.54, 1.807) is 18.2 Å². The Hall–Kier alpha value is -3.59. The van der Waals surface area contributed by atoms with E-state index in [-0.39, 0.29) is 16.8 Å². The summed E-state index contributed by atoms with van der Waals surface area (Å²) in [5.41, 5.74) is 2.22. The monoisotopic (exact) mass is 520 g/mol. The lowest BCUT2D eigenvalue weighted by Crippen LogP contribution is -2.35. The fourth-order valence-corrected chi connectivity index (χ4v) is 4.53. The Labute approximate surface area is 221 Å². The molecule has 2 aliphatic heterocycles. The first-order valence-electron chi connectivity index (χ1n) is 12.3. The molecule has 0 spiro atoms. The summed E-state index contributed by atoms with van der Waals surface area (Å²) in [4.78, 5) is 16.7. The van der Waals surface area contributed by atoms with Crippen molar-refractivity contribution in [2.75, 3.05) is 19.8 Å². The SMILES string of the molecule is CCOc1cc(/C=C2\C(=N)N3N=C(CC)SC3=NC2=O)ccc1OCCOc1ccc(C(C)(C)C)cc1. The van der Waals surface area contributed by atoms with Crippen molar-refractivity contribution in [2.45, 2.75) is 46.5 Å². The van der Waals surface area contributed by atoms with Gasteiger partial charge in [-0.3, -0.25) is 10.2 Å². The van der Waals surface area contributed by atoms with Gasteiger partial charge >= 0.3 is 0 Å². The van der Waals surface area contributed by atoms with Gasteiger partial charge in [-0.2, -0.15) is 15.1 Å². The molecule has 4 rings (SSSR count). The van der Waals surface area contributed by atoms with E-state index in [4.69, 9.17) is 19.6 Å². The number of aliphatic imine (C=N–C) groups is 1. The van der Waals surface area contributed by atoms with Crippen molar-refractivity contribution in [1.29, 1.82) is 5.41 Å². The Morgan fingerprint density at radius 1 is 1.00 bits per heavy atom. The third-order valence-electron chi connectivity index (χ3n) is 5.71. The molecule has 2 aromatic carbocycles. The van der Waals surface area contributed by atoms with Crippen molar-refractivity contribution in [3.05, 3.63) is 59.2 Å². The highest BCUT2D eigenvalue weighted by Gasteiger charge is 2.35. The van der Waals surface area contributed by atoms with Crippen LogP contribution in [0.1, 0.15) is 52.2 Å². The standard InChI is InChI=1S/C28H32N4O4S/c1-6-24-31-32-25(29)21(26(33)30-27(32)37-24)16-18-8-13-22(23(17-18)34-7-2)36-15-14-35-20-11-9-19(10-12-20)28(3,4)5/h8-13,16-17,29H,6-7,14-15H2,1-5H3/b21-16+,29-25?. The molecule has 0 radical (unpaired) electrons. The molecule has 2 heterocycles. The number of rotatable bonds is 9. The molecule has 194 valence electrons. The number of nitrogens with zero attached hydrogens (tertiary/aromatic N) is 3. The Bertz CT molecular complexity index is 1280. The van der Waals surface area contributed by atoms with Crippen LogP contribution in [0.15, 0.2) is 58.1 Å². The molecule has 0 saturated carbocycles. The van der Waals surface area contributed by atoms with Gasteiger partial charge in [0.05, 0.1) is 12.2 Å². The highest BCUT2D eigenvalue weighted by atomic mass is 32.2. The normalized spacial score (nSPS) is 16.5. The lowest BCUT2D eigenvalue weighted by molar-refractivity contribution is -0.114. The van der Waals surface area contributed by atoms with Gasteiger partial charge in [0, 0.05) is 0 Å². The van der Waals surface area contributed by atoms with Crippen LogP contribution in [-0.4, -0.2) is 46.8 Å². The fraction of sp³-hybridized carbons (Fsp3) is 0.357. The second-order valence-electron chi connectivity index (χ2n) is 9.48. The molecule has 2 aliphatic rings. The van der Waals surface area contributed by atoms with Crippen LogP contribution >= 0.6 is 11.8 Å². The van der Waals surface area contributed by atoms with Crippen LogP contribution in [0.2, 0.25) is 0 Å². The molecule has 9 heteroatoms. The first-order chi connectivity index (χ1) is 17.7. The van der Waals surface area contributed by atoms with Crippen molar-refractivity contribution in [3.63, 3.8) is 0 Å². The summed E-state index contributed by atoms with van der Waals surface area (Å²) in [5.74, 6) is 1.47. The summed E-state index contributed by atoms with van der Waals surface area (Å²) in [5, 5.41) is 15.5. The Kier molecular flexibility index (Phi) is 8.02. The number of nitrogens with one attached hydrogen (secondary N) is 1. The number of benzene rings is 2. The van der Waals surface area contributed by atoms with Crippen LogP contribution in [0.3, 0.4) is 0 Å².